The van der Waals surface area contributed by atoms with Crippen LogP contribution in [0.15, 0.2) is 42.5 Å². The highest BCUT2D eigenvalue weighted by atomic mass is 16.5. The van der Waals surface area contributed by atoms with Gasteiger partial charge in [0.1, 0.15) is 5.75 Å². The van der Waals surface area contributed by atoms with Gasteiger partial charge in [-0.3, -0.25) is 14.4 Å². The zero-order chi connectivity index (χ0) is 28.4. The normalized spacial score (nSPS) is 14.2. The third kappa shape index (κ3) is 9.01. The van der Waals surface area contributed by atoms with E-state index in [1.807, 2.05) is 43.3 Å². The molecular weight excluding hydrogens is 500 g/mol. The van der Waals surface area contributed by atoms with Gasteiger partial charge in [0.15, 0.2) is 0 Å². The number of nitrogens with zero attached hydrogens (tertiary/aromatic N) is 2. The maximum absolute atomic E-state index is 12.9. The van der Waals surface area contributed by atoms with E-state index in [0.717, 1.165) is 16.8 Å². The maximum atomic E-state index is 12.9. The summed E-state index contributed by atoms with van der Waals surface area (Å²) in [5.41, 5.74) is 3.10. The molecule has 0 aliphatic carbocycles. The van der Waals surface area contributed by atoms with Crippen molar-refractivity contribution in [2.24, 2.45) is 5.92 Å². The number of benzene rings is 2. The van der Waals surface area contributed by atoms with Gasteiger partial charge in [0.25, 0.3) is 0 Å². The van der Waals surface area contributed by atoms with Crippen molar-refractivity contribution in [2.75, 3.05) is 43.9 Å². The van der Waals surface area contributed by atoms with Crippen molar-refractivity contribution < 1.29 is 29.0 Å². The number of rotatable bonds is 10. The van der Waals surface area contributed by atoms with Crippen LogP contribution in [0.4, 0.5) is 16.2 Å². The Hall–Kier alpha value is -4.08. The average Bonchev–Trinajstić information content (AvgIpc) is 3.15. The van der Waals surface area contributed by atoms with Crippen LogP contribution in [0.2, 0.25) is 0 Å². The molecule has 1 atom stereocenters. The van der Waals surface area contributed by atoms with Crippen molar-refractivity contribution in [3.8, 4) is 5.75 Å². The van der Waals surface area contributed by atoms with Crippen LogP contribution < -0.4 is 15.4 Å². The fourth-order valence-electron chi connectivity index (χ4n) is 4.61. The van der Waals surface area contributed by atoms with E-state index in [0.29, 0.717) is 56.9 Å². The van der Waals surface area contributed by atoms with Crippen molar-refractivity contribution in [3.63, 3.8) is 0 Å². The predicted octanol–water partition coefficient (Wildman–Crippen LogP) is 4.14. The van der Waals surface area contributed by atoms with Crippen LogP contribution >= 0.6 is 0 Å². The summed E-state index contributed by atoms with van der Waals surface area (Å²) in [6.45, 7) is 5.72. The molecule has 0 saturated carbocycles. The van der Waals surface area contributed by atoms with E-state index in [2.05, 4.69) is 10.6 Å². The summed E-state index contributed by atoms with van der Waals surface area (Å²) >= 11 is 0. The lowest BCUT2D eigenvalue weighted by Gasteiger charge is -2.23. The lowest BCUT2D eigenvalue weighted by Crippen LogP contribution is -2.38. The van der Waals surface area contributed by atoms with Crippen molar-refractivity contribution >= 4 is 35.2 Å². The van der Waals surface area contributed by atoms with Crippen LogP contribution in [0.5, 0.6) is 5.75 Å². The van der Waals surface area contributed by atoms with E-state index in [1.165, 1.54) is 7.11 Å². The summed E-state index contributed by atoms with van der Waals surface area (Å²) in [5.74, 6) is -0.679. The molecule has 1 heterocycles. The SMILES string of the molecule is COc1cc(CCC(=O)N2CCCN(C(=O)CC(C)CC(=O)O)CC2)ccc1NC(=O)Nc1ccccc1C. The average molecular weight is 539 g/mol. The second-order valence-electron chi connectivity index (χ2n) is 9.95. The molecule has 0 radical (unpaired) electrons. The Labute approximate surface area is 229 Å². The molecule has 3 rings (SSSR count). The van der Waals surface area contributed by atoms with Crippen LogP contribution in [0.3, 0.4) is 0 Å². The first-order valence-electron chi connectivity index (χ1n) is 13.2. The lowest BCUT2D eigenvalue weighted by atomic mass is 10.0. The van der Waals surface area contributed by atoms with Crippen LogP contribution in [-0.2, 0) is 20.8 Å². The first kappa shape index (κ1) is 29.5. The van der Waals surface area contributed by atoms with Gasteiger partial charge in [0, 0.05) is 51.1 Å². The van der Waals surface area contributed by atoms with Crippen LogP contribution in [0.1, 0.15) is 43.7 Å². The Bertz CT molecular complexity index is 1180. The Balaban J connectivity index is 1.50. The van der Waals surface area contributed by atoms with Gasteiger partial charge in [0.05, 0.1) is 12.8 Å². The second-order valence-corrected chi connectivity index (χ2v) is 9.95. The number of methoxy groups -OCH3 is 1. The third-order valence-electron chi connectivity index (χ3n) is 6.78. The standard InChI is InChI=1S/C29H38N4O6/c1-20(18-28(36)37)17-27(35)33-14-6-13-32(15-16-33)26(34)12-10-22-9-11-24(25(19-22)39-3)31-29(38)30-23-8-5-4-7-21(23)2/h4-5,7-9,11,19-20H,6,10,12-18H2,1-3H3,(H,36,37)(H2,30,31,38). The quantitative estimate of drug-likeness (QED) is 0.417. The minimum atomic E-state index is -0.907. The van der Waals surface area contributed by atoms with Crippen LogP contribution in [0.25, 0.3) is 0 Å². The molecule has 2 aromatic rings. The van der Waals surface area contributed by atoms with Gasteiger partial charge in [-0.2, -0.15) is 0 Å². The highest BCUT2D eigenvalue weighted by Gasteiger charge is 2.23. The number of amides is 4. The molecule has 0 aromatic heterocycles. The predicted molar refractivity (Wildman–Crippen MR) is 149 cm³/mol. The summed E-state index contributed by atoms with van der Waals surface area (Å²) in [6.07, 6.45) is 1.67. The zero-order valence-corrected chi connectivity index (χ0v) is 22.9. The summed E-state index contributed by atoms with van der Waals surface area (Å²) in [4.78, 5) is 52.4. The number of nitrogens with one attached hydrogen (secondary N) is 2. The molecule has 1 fully saturated rings. The van der Waals surface area contributed by atoms with E-state index in [9.17, 15) is 19.2 Å². The number of carboxylic acid groups (broad SMARTS) is 1. The summed E-state index contributed by atoms with van der Waals surface area (Å²) in [5, 5.41) is 14.6. The van der Waals surface area contributed by atoms with Gasteiger partial charge in [0.2, 0.25) is 11.8 Å². The minimum absolute atomic E-state index is 0.0160. The van der Waals surface area contributed by atoms with Gasteiger partial charge in [-0.1, -0.05) is 31.2 Å². The third-order valence-corrected chi connectivity index (χ3v) is 6.78. The Kier molecular flexibility index (Phi) is 10.7. The van der Waals surface area contributed by atoms with Crippen molar-refractivity contribution in [3.05, 3.63) is 53.6 Å². The molecule has 4 amide bonds. The molecule has 1 aliphatic heterocycles. The molecule has 0 bridgehead atoms. The van der Waals surface area contributed by atoms with E-state index in [4.69, 9.17) is 9.84 Å². The Morgan fingerprint density at radius 1 is 0.923 bits per heavy atom. The molecule has 2 aromatic carbocycles. The topological polar surface area (TPSA) is 128 Å². The fraction of sp³-hybridized carbons (Fsp3) is 0.448. The van der Waals surface area contributed by atoms with E-state index >= 15 is 0 Å². The largest absolute Gasteiger partial charge is 0.495 e. The number of aryl methyl sites for hydroxylation is 2. The number of anilines is 2. The zero-order valence-electron chi connectivity index (χ0n) is 22.9. The molecule has 10 nitrogen and oxygen atoms in total. The highest BCUT2D eigenvalue weighted by molar-refractivity contribution is 6.01. The lowest BCUT2D eigenvalue weighted by molar-refractivity contribution is -0.139. The summed E-state index contributed by atoms with van der Waals surface area (Å²) < 4.78 is 5.48. The van der Waals surface area contributed by atoms with Gasteiger partial charge in [-0.25, -0.2) is 4.79 Å². The molecule has 3 N–H and O–H groups in total. The minimum Gasteiger partial charge on any atom is -0.495 e. The smallest absolute Gasteiger partial charge is 0.323 e. The Morgan fingerprint density at radius 2 is 1.59 bits per heavy atom. The van der Waals surface area contributed by atoms with Gasteiger partial charge >= 0.3 is 12.0 Å². The second kappa shape index (κ2) is 14.2. The highest BCUT2D eigenvalue weighted by Crippen LogP contribution is 2.27. The number of hydrogen-bond acceptors (Lipinski definition) is 5. The number of hydrogen-bond donors (Lipinski definition) is 3. The first-order valence-corrected chi connectivity index (χ1v) is 13.2. The van der Waals surface area contributed by atoms with Crippen molar-refractivity contribution in [2.45, 2.75) is 46.0 Å². The molecule has 210 valence electrons. The van der Waals surface area contributed by atoms with Crippen LogP contribution in [0, 0.1) is 12.8 Å². The number of aliphatic carboxylic acids is 1. The molecule has 1 unspecified atom stereocenters. The number of carbonyl (C=O) groups excluding carboxylic acids is 3. The monoisotopic (exact) mass is 538 g/mol. The number of para-hydroxylation sites is 1. The van der Waals surface area contributed by atoms with Gasteiger partial charge in [-0.05, 0) is 55.0 Å². The van der Waals surface area contributed by atoms with E-state index < -0.39 is 5.97 Å². The van der Waals surface area contributed by atoms with E-state index in [1.54, 1.807) is 22.8 Å². The Morgan fingerprint density at radius 3 is 2.26 bits per heavy atom. The van der Waals surface area contributed by atoms with Gasteiger partial charge in [-0.15, -0.1) is 0 Å². The number of ether oxygens (including phenoxy) is 1. The fourth-order valence-corrected chi connectivity index (χ4v) is 4.61. The number of carboxylic acids is 1. The molecule has 0 spiro atoms. The summed E-state index contributed by atoms with van der Waals surface area (Å²) in [7, 11) is 1.53. The number of urea groups is 1. The summed E-state index contributed by atoms with van der Waals surface area (Å²) in [6, 6.07) is 12.6. The van der Waals surface area contributed by atoms with E-state index in [-0.39, 0.29) is 36.6 Å². The van der Waals surface area contributed by atoms with Gasteiger partial charge < -0.3 is 30.3 Å². The molecule has 10 heteroatoms. The molecule has 1 aliphatic rings. The first-order chi connectivity index (χ1) is 18.7. The molecule has 1 saturated heterocycles. The number of carbonyl (C=O) groups is 4. The van der Waals surface area contributed by atoms with Crippen molar-refractivity contribution in [1.29, 1.82) is 0 Å². The van der Waals surface area contributed by atoms with Crippen LogP contribution in [-0.4, -0.2) is 72.0 Å². The van der Waals surface area contributed by atoms with Crippen molar-refractivity contribution in [1.82, 2.24) is 9.80 Å². The molecule has 39 heavy (non-hydrogen) atoms. The maximum Gasteiger partial charge on any atom is 0.323 e. The molecular formula is C29H38N4O6.